The Kier molecular flexibility index (Phi) is 5.37. The molecule has 106 valence electrons. The fourth-order valence-electron chi connectivity index (χ4n) is 1.70. The van der Waals surface area contributed by atoms with E-state index in [1.165, 1.54) is 0 Å². The van der Waals surface area contributed by atoms with Gasteiger partial charge in [0.05, 0.1) is 5.69 Å². The first-order valence-electron chi connectivity index (χ1n) is 6.40. The minimum Gasteiger partial charge on any atom is -0.370 e. The summed E-state index contributed by atoms with van der Waals surface area (Å²) in [5.74, 6) is 2.36. The Morgan fingerprint density at radius 1 is 1.10 bits per heavy atom. The van der Waals surface area contributed by atoms with Gasteiger partial charge in [0, 0.05) is 21.6 Å². The first-order chi connectivity index (χ1) is 9.58. The lowest BCUT2D eigenvalue weighted by molar-refractivity contribution is 0.955. The fraction of sp³-hybridized carbons (Fsp3) is 0.286. The molecule has 1 heterocycles. The Balaban J connectivity index is 2.21. The van der Waals surface area contributed by atoms with Gasteiger partial charge in [-0.05, 0) is 47.5 Å². The number of hydrogen-bond donors (Lipinski definition) is 2. The molecule has 0 saturated carbocycles. The van der Waals surface area contributed by atoms with E-state index in [1.54, 1.807) is 0 Å². The minimum absolute atomic E-state index is 0.738. The summed E-state index contributed by atoms with van der Waals surface area (Å²) in [5.41, 5.74) is 0.966. The molecule has 1 aromatic carbocycles. The maximum absolute atomic E-state index is 4.41. The molecule has 0 aliphatic carbocycles. The van der Waals surface area contributed by atoms with Crippen molar-refractivity contribution in [2.75, 3.05) is 17.2 Å². The molecule has 2 aromatic rings. The van der Waals surface area contributed by atoms with E-state index in [2.05, 4.69) is 59.4 Å². The van der Waals surface area contributed by atoms with Gasteiger partial charge >= 0.3 is 0 Å². The summed E-state index contributed by atoms with van der Waals surface area (Å²) in [7, 11) is 0. The summed E-state index contributed by atoms with van der Waals surface area (Å²) in [6, 6.07) is 7.88. The minimum atomic E-state index is 0.738. The van der Waals surface area contributed by atoms with E-state index in [0.29, 0.717) is 0 Å². The van der Waals surface area contributed by atoms with Crippen LogP contribution in [0.4, 0.5) is 17.3 Å². The maximum atomic E-state index is 4.41. The molecular formula is C14H16Br2N4. The van der Waals surface area contributed by atoms with E-state index in [9.17, 15) is 0 Å². The van der Waals surface area contributed by atoms with E-state index in [4.69, 9.17) is 0 Å². The molecule has 4 nitrogen and oxygen atoms in total. The predicted octanol–water partition coefficient (Wildman–Crippen LogP) is 4.88. The summed E-state index contributed by atoms with van der Waals surface area (Å²) < 4.78 is 2.00. The number of aryl methyl sites for hydroxylation is 1. The Hall–Kier alpha value is -1.14. The first kappa shape index (κ1) is 15.3. The summed E-state index contributed by atoms with van der Waals surface area (Å²) in [6.45, 7) is 4.91. The number of halogens is 2. The number of rotatable bonds is 5. The number of aromatic nitrogens is 2. The second kappa shape index (κ2) is 7.04. The van der Waals surface area contributed by atoms with Crippen LogP contribution in [0.5, 0.6) is 0 Å². The molecule has 0 bridgehead atoms. The number of benzene rings is 1. The summed E-state index contributed by atoms with van der Waals surface area (Å²) >= 11 is 6.97. The van der Waals surface area contributed by atoms with Crippen LogP contribution in [0.25, 0.3) is 0 Å². The zero-order chi connectivity index (χ0) is 14.5. The molecule has 20 heavy (non-hydrogen) atoms. The van der Waals surface area contributed by atoms with Gasteiger partial charge in [0.15, 0.2) is 0 Å². The van der Waals surface area contributed by atoms with Crippen LogP contribution < -0.4 is 10.6 Å². The summed E-state index contributed by atoms with van der Waals surface area (Å²) in [6.07, 6.45) is 1.06. The van der Waals surface area contributed by atoms with Gasteiger partial charge in [0.2, 0.25) is 0 Å². The third-order valence-electron chi connectivity index (χ3n) is 2.59. The molecule has 2 N–H and O–H groups in total. The molecule has 0 saturated heterocycles. The fourth-order valence-corrected chi connectivity index (χ4v) is 2.85. The average Bonchev–Trinajstić information content (AvgIpc) is 2.39. The highest BCUT2D eigenvalue weighted by molar-refractivity contribution is 9.11. The highest BCUT2D eigenvalue weighted by atomic mass is 79.9. The van der Waals surface area contributed by atoms with Crippen LogP contribution in [0.2, 0.25) is 0 Å². The molecule has 0 unspecified atom stereocenters. The Bertz CT molecular complexity index is 602. The molecule has 2 rings (SSSR count). The third-order valence-corrected chi connectivity index (χ3v) is 3.74. The predicted molar refractivity (Wildman–Crippen MR) is 90.7 cm³/mol. The highest BCUT2D eigenvalue weighted by Gasteiger charge is 2.05. The summed E-state index contributed by atoms with van der Waals surface area (Å²) in [5, 5.41) is 6.57. The number of anilines is 3. The van der Waals surface area contributed by atoms with Gasteiger partial charge in [-0.2, -0.15) is 0 Å². The van der Waals surface area contributed by atoms with Crippen LogP contribution in [0.1, 0.15) is 19.2 Å². The van der Waals surface area contributed by atoms with Gasteiger partial charge < -0.3 is 10.6 Å². The number of nitrogens with one attached hydrogen (secondary N) is 2. The van der Waals surface area contributed by atoms with Crippen LogP contribution in [0, 0.1) is 6.92 Å². The van der Waals surface area contributed by atoms with Crippen molar-refractivity contribution >= 4 is 49.2 Å². The largest absolute Gasteiger partial charge is 0.370 e. The van der Waals surface area contributed by atoms with Crippen LogP contribution >= 0.6 is 31.9 Å². The van der Waals surface area contributed by atoms with E-state index < -0.39 is 0 Å². The normalized spacial score (nSPS) is 10.4. The lowest BCUT2D eigenvalue weighted by Gasteiger charge is -2.11. The zero-order valence-electron chi connectivity index (χ0n) is 11.4. The lowest BCUT2D eigenvalue weighted by Crippen LogP contribution is -2.05. The standard InChI is InChI=1S/C14H16Br2N4/c1-3-6-17-13-8-14(19-9(2)18-13)20-12-5-4-10(15)7-11(12)16/h4-5,7-8H,3,6H2,1-2H3,(H2,17,18,19,20). The molecule has 1 aromatic heterocycles. The second-order valence-electron chi connectivity index (χ2n) is 4.36. The van der Waals surface area contributed by atoms with Gasteiger partial charge in [-0.15, -0.1) is 0 Å². The zero-order valence-corrected chi connectivity index (χ0v) is 14.5. The van der Waals surface area contributed by atoms with E-state index in [0.717, 1.165) is 45.1 Å². The smallest absolute Gasteiger partial charge is 0.136 e. The molecule has 0 aliphatic rings. The van der Waals surface area contributed by atoms with Crippen LogP contribution in [-0.4, -0.2) is 16.5 Å². The van der Waals surface area contributed by atoms with Crippen LogP contribution in [0.3, 0.4) is 0 Å². The Morgan fingerprint density at radius 2 is 1.85 bits per heavy atom. The van der Waals surface area contributed by atoms with Gasteiger partial charge in [0.1, 0.15) is 17.5 Å². The average molecular weight is 400 g/mol. The molecule has 0 radical (unpaired) electrons. The first-order valence-corrected chi connectivity index (χ1v) is 7.98. The Labute approximate surface area is 135 Å². The SMILES string of the molecule is CCCNc1cc(Nc2ccc(Br)cc2Br)nc(C)n1. The van der Waals surface area contributed by atoms with Crippen molar-refractivity contribution in [1.29, 1.82) is 0 Å². The third kappa shape index (κ3) is 4.18. The number of hydrogen-bond acceptors (Lipinski definition) is 4. The molecule has 0 fully saturated rings. The van der Waals surface area contributed by atoms with Crippen molar-refractivity contribution in [3.8, 4) is 0 Å². The maximum Gasteiger partial charge on any atom is 0.136 e. The van der Waals surface area contributed by atoms with Gasteiger partial charge in [0.25, 0.3) is 0 Å². The van der Waals surface area contributed by atoms with Crippen molar-refractivity contribution in [2.45, 2.75) is 20.3 Å². The highest BCUT2D eigenvalue weighted by Crippen LogP contribution is 2.28. The molecule has 0 atom stereocenters. The summed E-state index contributed by atoms with van der Waals surface area (Å²) in [4.78, 5) is 8.77. The second-order valence-corrected chi connectivity index (χ2v) is 6.13. The van der Waals surface area contributed by atoms with E-state index in [-0.39, 0.29) is 0 Å². The van der Waals surface area contributed by atoms with Crippen molar-refractivity contribution in [2.24, 2.45) is 0 Å². The monoisotopic (exact) mass is 398 g/mol. The van der Waals surface area contributed by atoms with Gasteiger partial charge in [-0.1, -0.05) is 22.9 Å². The lowest BCUT2D eigenvalue weighted by atomic mass is 10.3. The molecule has 0 aliphatic heterocycles. The topological polar surface area (TPSA) is 49.8 Å². The van der Waals surface area contributed by atoms with Crippen molar-refractivity contribution < 1.29 is 0 Å². The molecule has 6 heteroatoms. The number of nitrogens with zero attached hydrogens (tertiary/aromatic N) is 2. The van der Waals surface area contributed by atoms with E-state index in [1.807, 2.05) is 31.2 Å². The molecular weight excluding hydrogens is 384 g/mol. The van der Waals surface area contributed by atoms with Gasteiger partial charge in [-0.25, -0.2) is 9.97 Å². The quantitative estimate of drug-likeness (QED) is 0.752. The van der Waals surface area contributed by atoms with Crippen LogP contribution in [0.15, 0.2) is 33.2 Å². The Morgan fingerprint density at radius 3 is 2.55 bits per heavy atom. The van der Waals surface area contributed by atoms with Crippen molar-refractivity contribution in [1.82, 2.24) is 9.97 Å². The van der Waals surface area contributed by atoms with Crippen molar-refractivity contribution in [3.05, 3.63) is 39.0 Å². The molecule has 0 spiro atoms. The van der Waals surface area contributed by atoms with Gasteiger partial charge in [-0.3, -0.25) is 0 Å². The van der Waals surface area contributed by atoms with Crippen molar-refractivity contribution in [3.63, 3.8) is 0 Å². The van der Waals surface area contributed by atoms with E-state index >= 15 is 0 Å². The molecule has 0 amide bonds. The van der Waals surface area contributed by atoms with Crippen LogP contribution in [-0.2, 0) is 0 Å².